The molecule has 0 saturated carbocycles. The number of benzene rings is 1. The van der Waals surface area contributed by atoms with Gasteiger partial charge in [-0.2, -0.15) is 0 Å². The molecular weight excluding hydrogens is 188 g/mol. The molecule has 2 aromatic rings. The maximum absolute atomic E-state index is 9.83. The molecule has 0 radical (unpaired) electrons. The average Bonchev–Trinajstić information content (AvgIpc) is 2.64. The zero-order chi connectivity index (χ0) is 10.8. The molecule has 0 aliphatic heterocycles. The summed E-state index contributed by atoms with van der Waals surface area (Å²) in [7, 11) is 0. The Morgan fingerprint density at radius 2 is 2.13 bits per heavy atom. The Bertz CT molecular complexity index is 474. The molecule has 1 aromatic heterocycles. The molecule has 3 heteroatoms. The fraction of sp³-hybridized carbons (Fsp3) is 0.333. The van der Waals surface area contributed by atoms with E-state index < -0.39 is 0 Å². The van der Waals surface area contributed by atoms with Gasteiger partial charge >= 0.3 is 0 Å². The van der Waals surface area contributed by atoms with Crippen LogP contribution in [0.2, 0.25) is 0 Å². The molecule has 1 heterocycles. The molecule has 0 atom stereocenters. The summed E-state index contributed by atoms with van der Waals surface area (Å²) in [5.74, 6) is 0.340. The minimum Gasteiger partial charge on any atom is -0.507 e. The largest absolute Gasteiger partial charge is 0.507 e. The maximum atomic E-state index is 9.83. The molecule has 1 aromatic carbocycles. The van der Waals surface area contributed by atoms with E-state index in [-0.39, 0.29) is 0 Å². The first-order valence-electron chi connectivity index (χ1n) is 5.28. The van der Waals surface area contributed by atoms with E-state index in [1.54, 1.807) is 6.07 Å². The predicted octanol–water partition coefficient (Wildman–Crippen LogP) is 1.94. The van der Waals surface area contributed by atoms with Crippen molar-refractivity contribution in [3.8, 4) is 5.75 Å². The summed E-state index contributed by atoms with van der Waals surface area (Å²) in [6.45, 7) is 2.71. The number of hydrogen-bond acceptors (Lipinski definition) is 2. The van der Waals surface area contributed by atoms with Crippen LogP contribution in [-0.4, -0.2) is 16.6 Å². The number of hydrogen-bond donors (Lipinski definition) is 3. The van der Waals surface area contributed by atoms with Gasteiger partial charge in [0.2, 0.25) is 0 Å². The van der Waals surface area contributed by atoms with Crippen LogP contribution in [0.4, 0.5) is 0 Å². The number of rotatable bonds is 3. The minimum absolute atomic E-state index is 0.340. The fourth-order valence-electron chi connectivity index (χ4n) is 2.00. The number of H-pyrrole nitrogens is 1. The van der Waals surface area contributed by atoms with Crippen molar-refractivity contribution in [3.05, 3.63) is 29.5 Å². The first kappa shape index (κ1) is 10.1. The summed E-state index contributed by atoms with van der Waals surface area (Å²) in [6.07, 6.45) is 3.69. The van der Waals surface area contributed by atoms with Gasteiger partial charge in [0.25, 0.3) is 0 Å². The summed E-state index contributed by atoms with van der Waals surface area (Å²) in [5.41, 5.74) is 8.90. The highest BCUT2D eigenvalue weighted by molar-refractivity contribution is 5.91. The number of aromatic amines is 1. The highest BCUT2D eigenvalue weighted by Crippen LogP contribution is 2.30. The third kappa shape index (κ3) is 1.59. The third-order valence-electron chi connectivity index (χ3n) is 2.78. The van der Waals surface area contributed by atoms with Gasteiger partial charge < -0.3 is 15.8 Å². The van der Waals surface area contributed by atoms with Crippen LogP contribution in [-0.2, 0) is 12.8 Å². The Kier molecular flexibility index (Phi) is 2.64. The first-order chi connectivity index (χ1) is 7.27. The summed E-state index contributed by atoms with van der Waals surface area (Å²) < 4.78 is 0. The second kappa shape index (κ2) is 3.95. The molecule has 15 heavy (non-hydrogen) atoms. The van der Waals surface area contributed by atoms with Gasteiger partial charge in [-0.1, -0.05) is 13.0 Å². The van der Waals surface area contributed by atoms with Crippen molar-refractivity contribution in [3.63, 3.8) is 0 Å². The number of aryl methyl sites for hydroxylation is 1. The fourth-order valence-corrected chi connectivity index (χ4v) is 2.00. The average molecular weight is 204 g/mol. The second-order valence-corrected chi connectivity index (χ2v) is 3.70. The number of aromatic hydroxyl groups is 1. The van der Waals surface area contributed by atoms with Gasteiger partial charge in [-0.05, 0) is 36.6 Å². The number of nitrogens with two attached hydrogens (primary N) is 1. The standard InChI is InChI=1S/C12H16N2O/c1-2-8-3-4-10(15)11-9(5-6-13)7-14-12(8)11/h3-4,7,14-15H,2,5-6,13H2,1H3. The van der Waals surface area contributed by atoms with E-state index in [9.17, 15) is 5.11 Å². The summed E-state index contributed by atoms with van der Waals surface area (Å²) >= 11 is 0. The van der Waals surface area contributed by atoms with E-state index in [0.717, 1.165) is 29.3 Å². The van der Waals surface area contributed by atoms with Crippen molar-refractivity contribution >= 4 is 10.9 Å². The van der Waals surface area contributed by atoms with Gasteiger partial charge in [0, 0.05) is 11.6 Å². The van der Waals surface area contributed by atoms with Crippen LogP contribution in [0, 0.1) is 0 Å². The van der Waals surface area contributed by atoms with Crippen molar-refractivity contribution in [2.24, 2.45) is 5.73 Å². The van der Waals surface area contributed by atoms with Crippen LogP contribution in [0.5, 0.6) is 5.75 Å². The van der Waals surface area contributed by atoms with Crippen LogP contribution < -0.4 is 5.73 Å². The van der Waals surface area contributed by atoms with Gasteiger partial charge in [-0.25, -0.2) is 0 Å². The lowest BCUT2D eigenvalue weighted by Gasteiger charge is -2.03. The lowest BCUT2D eigenvalue weighted by molar-refractivity contribution is 0.481. The van der Waals surface area contributed by atoms with Crippen LogP contribution in [0.1, 0.15) is 18.1 Å². The van der Waals surface area contributed by atoms with E-state index >= 15 is 0 Å². The summed E-state index contributed by atoms with van der Waals surface area (Å²) in [5, 5.41) is 10.8. The topological polar surface area (TPSA) is 62.0 Å². The summed E-state index contributed by atoms with van der Waals surface area (Å²) in [4.78, 5) is 3.22. The molecule has 80 valence electrons. The zero-order valence-corrected chi connectivity index (χ0v) is 8.88. The van der Waals surface area contributed by atoms with Crippen LogP contribution in [0.25, 0.3) is 10.9 Å². The highest BCUT2D eigenvalue weighted by atomic mass is 16.3. The SMILES string of the molecule is CCc1ccc(O)c2c(CCN)c[nH]c12. The molecule has 0 spiro atoms. The number of nitrogens with one attached hydrogen (secondary N) is 1. The van der Waals surface area contributed by atoms with Crippen molar-refractivity contribution in [1.29, 1.82) is 0 Å². The Hall–Kier alpha value is -1.48. The molecule has 3 nitrogen and oxygen atoms in total. The molecule has 2 rings (SSSR count). The normalized spacial score (nSPS) is 11.1. The molecule has 4 N–H and O–H groups in total. The number of phenolic OH excluding ortho intramolecular Hbond substituents is 1. The van der Waals surface area contributed by atoms with Gasteiger partial charge in [0.05, 0.1) is 5.52 Å². The lowest BCUT2D eigenvalue weighted by Crippen LogP contribution is -2.01. The van der Waals surface area contributed by atoms with E-state index in [0.29, 0.717) is 12.3 Å². The van der Waals surface area contributed by atoms with Crippen LogP contribution in [0.3, 0.4) is 0 Å². The highest BCUT2D eigenvalue weighted by Gasteiger charge is 2.10. The van der Waals surface area contributed by atoms with Gasteiger partial charge in [-0.3, -0.25) is 0 Å². The van der Waals surface area contributed by atoms with Gasteiger partial charge in [-0.15, -0.1) is 0 Å². The second-order valence-electron chi connectivity index (χ2n) is 3.70. The molecule has 0 aliphatic rings. The third-order valence-corrected chi connectivity index (χ3v) is 2.78. The zero-order valence-electron chi connectivity index (χ0n) is 8.88. The Morgan fingerprint density at radius 3 is 2.80 bits per heavy atom. The molecule has 0 amide bonds. The predicted molar refractivity (Wildman–Crippen MR) is 62.1 cm³/mol. The number of phenols is 1. The van der Waals surface area contributed by atoms with Crippen LogP contribution in [0.15, 0.2) is 18.3 Å². The Balaban J connectivity index is 2.67. The van der Waals surface area contributed by atoms with E-state index in [2.05, 4.69) is 11.9 Å². The molecule has 0 aliphatic carbocycles. The Labute approximate surface area is 88.9 Å². The first-order valence-corrected chi connectivity index (χ1v) is 5.28. The number of aromatic nitrogens is 1. The van der Waals surface area contributed by atoms with Gasteiger partial charge in [0.1, 0.15) is 5.75 Å². The smallest absolute Gasteiger partial charge is 0.125 e. The van der Waals surface area contributed by atoms with Crippen molar-refractivity contribution in [2.45, 2.75) is 19.8 Å². The summed E-state index contributed by atoms with van der Waals surface area (Å²) in [6, 6.07) is 3.72. The van der Waals surface area contributed by atoms with Crippen molar-refractivity contribution in [1.82, 2.24) is 4.98 Å². The van der Waals surface area contributed by atoms with Crippen molar-refractivity contribution < 1.29 is 5.11 Å². The van der Waals surface area contributed by atoms with E-state index in [1.165, 1.54) is 5.56 Å². The molecule has 0 bridgehead atoms. The number of fused-ring (bicyclic) bond motifs is 1. The van der Waals surface area contributed by atoms with Crippen molar-refractivity contribution in [2.75, 3.05) is 6.54 Å². The quantitative estimate of drug-likeness (QED) is 0.715. The maximum Gasteiger partial charge on any atom is 0.125 e. The van der Waals surface area contributed by atoms with E-state index in [4.69, 9.17) is 5.73 Å². The minimum atomic E-state index is 0.340. The Morgan fingerprint density at radius 1 is 1.33 bits per heavy atom. The molecule has 0 unspecified atom stereocenters. The van der Waals surface area contributed by atoms with E-state index in [1.807, 2.05) is 12.3 Å². The molecule has 0 saturated heterocycles. The lowest BCUT2D eigenvalue weighted by atomic mass is 10.0. The van der Waals surface area contributed by atoms with Crippen LogP contribution >= 0.6 is 0 Å². The van der Waals surface area contributed by atoms with Gasteiger partial charge in [0.15, 0.2) is 0 Å². The monoisotopic (exact) mass is 204 g/mol. The molecule has 0 fully saturated rings. The molecular formula is C12H16N2O.